The van der Waals surface area contributed by atoms with Crippen molar-refractivity contribution in [1.82, 2.24) is 0 Å². The SMILES string of the molecule is CCc1ccc(C#N)c(C(=O)OC)c1F. The molecule has 0 aliphatic rings. The number of halogens is 1. The van der Waals surface area contributed by atoms with Gasteiger partial charge in [0.1, 0.15) is 17.4 Å². The molecule has 1 rings (SSSR count). The van der Waals surface area contributed by atoms with Gasteiger partial charge in [-0.15, -0.1) is 0 Å². The minimum atomic E-state index is -0.820. The Labute approximate surface area is 87.1 Å². The van der Waals surface area contributed by atoms with Gasteiger partial charge >= 0.3 is 5.97 Å². The zero-order valence-electron chi connectivity index (χ0n) is 8.50. The third kappa shape index (κ3) is 1.96. The summed E-state index contributed by atoms with van der Waals surface area (Å²) in [6, 6.07) is 4.69. The maximum absolute atomic E-state index is 13.7. The van der Waals surface area contributed by atoms with Crippen LogP contribution in [-0.4, -0.2) is 13.1 Å². The van der Waals surface area contributed by atoms with Gasteiger partial charge in [-0.3, -0.25) is 0 Å². The van der Waals surface area contributed by atoms with E-state index in [4.69, 9.17) is 5.26 Å². The maximum Gasteiger partial charge on any atom is 0.342 e. The van der Waals surface area contributed by atoms with Gasteiger partial charge in [-0.05, 0) is 18.1 Å². The maximum atomic E-state index is 13.7. The highest BCUT2D eigenvalue weighted by molar-refractivity contribution is 5.92. The lowest BCUT2D eigenvalue weighted by Gasteiger charge is -2.06. The van der Waals surface area contributed by atoms with Crippen molar-refractivity contribution >= 4 is 5.97 Å². The Bertz CT molecular complexity index is 435. The summed E-state index contributed by atoms with van der Waals surface area (Å²) in [4.78, 5) is 11.3. The summed E-state index contributed by atoms with van der Waals surface area (Å²) in [7, 11) is 1.15. The van der Waals surface area contributed by atoms with E-state index in [0.29, 0.717) is 12.0 Å². The summed E-state index contributed by atoms with van der Waals surface area (Å²) in [5.74, 6) is -1.48. The van der Waals surface area contributed by atoms with Crippen LogP contribution in [0.3, 0.4) is 0 Å². The van der Waals surface area contributed by atoms with Crippen molar-refractivity contribution in [1.29, 1.82) is 5.26 Å². The molecule has 0 atom stereocenters. The summed E-state index contributed by atoms with van der Waals surface area (Å²) in [6.45, 7) is 1.77. The molecule has 0 saturated heterocycles. The van der Waals surface area contributed by atoms with Gasteiger partial charge in [-0.25, -0.2) is 9.18 Å². The first kappa shape index (κ1) is 11.2. The molecule has 0 aromatic heterocycles. The number of esters is 1. The predicted octanol–water partition coefficient (Wildman–Crippen LogP) is 2.05. The van der Waals surface area contributed by atoms with E-state index in [9.17, 15) is 9.18 Å². The summed E-state index contributed by atoms with van der Waals surface area (Å²) >= 11 is 0. The fourth-order valence-corrected chi connectivity index (χ4v) is 1.29. The van der Waals surface area contributed by atoms with Gasteiger partial charge in [0.15, 0.2) is 0 Å². The number of nitrogens with zero attached hydrogens (tertiary/aromatic N) is 1. The summed E-state index contributed by atoms with van der Waals surface area (Å²) in [5, 5.41) is 8.73. The molecule has 0 N–H and O–H groups in total. The Morgan fingerprint density at radius 3 is 2.73 bits per heavy atom. The van der Waals surface area contributed by atoms with Crippen molar-refractivity contribution in [2.24, 2.45) is 0 Å². The molecule has 78 valence electrons. The molecule has 0 aliphatic heterocycles. The number of aryl methyl sites for hydroxylation is 1. The van der Waals surface area contributed by atoms with Gasteiger partial charge in [0.2, 0.25) is 0 Å². The molecule has 0 bridgehead atoms. The number of carbonyl (C=O) groups is 1. The Kier molecular flexibility index (Phi) is 3.40. The van der Waals surface area contributed by atoms with Gasteiger partial charge in [0, 0.05) is 0 Å². The molecule has 0 amide bonds. The number of methoxy groups -OCH3 is 1. The molecular weight excluding hydrogens is 197 g/mol. The highest BCUT2D eigenvalue weighted by atomic mass is 19.1. The van der Waals surface area contributed by atoms with Crippen LogP contribution < -0.4 is 0 Å². The molecule has 0 heterocycles. The summed E-state index contributed by atoms with van der Waals surface area (Å²) in [5.41, 5.74) is 0.116. The molecule has 15 heavy (non-hydrogen) atoms. The fraction of sp³-hybridized carbons (Fsp3) is 0.273. The van der Waals surface area contributed by atoms with E-state index >= 15 is 0 Å². The van der Waals surface area contributed by atoms with Crippen LogP contribution in [0.15, 0.2) is 12.1 Å². The van der Waals surface area contributed by atoms with Gasteiger partial charge in [0.25, 0.3) is 0 Å². The van der Waals surface area contributed by atoms with E-state index in [1.54, 1.807) is 13.0 Å². The number of benzene rings is 1. The van der Waals surface area contributed by atoms with Crippen LogP contribution in [-0.2, 0) is 11.2 Å². The number of nitriles is 1. The van der Waals surface area contributed by atoms with E-state index in [2.05, 4.69) is 4.74 Å². The van der Waals surface area contributed by atoms with Crippen molar-refractivity contribution in [3.63, 3.8) is 0 Å². The van der Waals surface area contributed by atoms with Gasteiger partial charge < -0.3 is 4.74 Å². The first-order valence-electron chi connectivity index (χ1n) is 4.45. The molecule has 3 nitrogen and oxygen atoms in total. The molecular formula is C11H10FNO2. The fourth-order valence-electron chi connectivity index (χ4n) is 1.29. The smallest absolute Gasteiger partial charge is 0.342 e. The van der Waals surface area contributed by atoms with Crippen molar-refractivity contribution in [2.45, 2.75) is 13.3 Å². The predicted molar refractivity (Wildman–Crippen MR) is 51.8 cm³/mol. The van der Waals surface area contributed by atoms with Crippen LogP contribution in [0.1, 0.15) is 28.4 Å². The average Bonchev–Trinajstić information content (AvgIpc) is 2.27. The van der Waals surface area contributed by atoms with E-state index < -0.39 is 11.8 Å². The minimum Gasteiger partial charge on any atom is -0.465 e. The lowest BCUT2D eigenvalue weighted by Crippen LogP contribution is -2.09. The standard InChI is InChI=1S/C11H10FNO2/c1-3-7-4-5-8(6-13)9(10(7)12)11(14)15-2/h4-5H,3H2,1-2H3. The van der Waals surface area contributed by atoms with Gasteiger partial charge in [-0.2, -0.15) is 5.26 Å². The van der Waals surface area contributed by atoms with Crippen LogP contribution in [0.2, 0.25) is 0 Å². The van der Waals surface area contributed by atoms with Crippen molar-refractivity contribution in [2.75, 3.05) is 7.11 Å². The van der Waals surface area contributed by atoms with Gasteiger partial charge in [-0.1, -0.05) is 13.0 Å². The quantitative estimate of drug-likeness (QED) is 0.697. The average molecular weight is 207 g/mol. The third-order valence-electron chi connectivity index (χ3n) is 2.11. The van der Waals surface area contributed by atoms with Gasteiger partial charge in [0.05, 0.1) is 12.7 Å². The Morgan fingerprint density at radius 1 is 1.60 bits per heavy atom. The van der Waals surface area contributed by atoms with Crippen LogP contribution in [0, 0.1) is 17.1 Å². The zero-order chi connectivity index (χ0) is 11.4. The zero-order valence-corrected chi connectivity index (χ0v) is 8.50. The highest BCUT2D eigenvalue weighted by Crippen LogP contribution is 2.18. The van der Waals surface area contributed by atoms with Crippen molar-refractivity contribution in [3.05, 3.63) is 34.6 Å². The molecule has 1 aromatic rings. The molecule has 0 aliphatic carbocycles. The minimum absolute atomic E-state index is 0.00319. The van der Waals surface area contributed by atoms with E-state index in [0.717, 1.165) is 7.11 Å². The Morgan fingerprint density at radius 2 is 2.27 bits per heavy atom. The number of rotatable bonds is 2. The largest absolute Gasteiger partial charge is 0.465 e. The first-order valence-corrected chi connectivity index (χ1v) is 4.45. The number of hydrogen-bond acceptors (Lipinski definition) is 3. The summed E-state index contributed by atoms with van der Waals surface area (Å²) < 4.78 is 18.1. The second-order valence-corrected chi connectivity index (χ2v) is 2.92. The highest BCUT2D eigenvalue weighted by Gasteiger charge is 2.19. The normalized spacial score (nSPS) is 9.47. The van der Waals surface area contributed by atoms with Crippen LogP contribution in [0.25, 0.3) is 0 Å². The van der Waals surface area contributed by atoms with Crippen LogP contribution >= 0.6 is 0 Å². The number of carbonyl (C=O) groups excluding carboxylic acids is 1. The van der Waals surface area contributed by atoms with E-state index in [1.807, 2.05) is 0 Å². The number of ether oxygens (including phenoxy) is 1. The van der Waals surface area contributed by atoms with Crippen LogP contribution in [0.4, 0.5) is 4.39 Å². The molecule has 4 heteroatoms. The van der Waals surface area contributed by atoms with E-state index in [1.165, 1.54) is 12.1 Å². The lowest BCUT2D eigenvalue weighted by atomic mass is 10.0. The van der Waals surface area contributed by atoms with Crippen molar-refractivity contribution in [3.8, 4) is 6.07 Å². The van der Waals surface area contributed by atoms with Crippen LogP contribution in [0.5, 0.6) is 0 Å². The first-order chi connectivity index (χ1) is 7.15. The molecule has 0 spiro atoms. The topological polar surface area (TPSA) is 50.1 Å². The van der Waals surface area contributed by atoms with Crippen molar-refractivity contribution < 1.29 is 13.9 Å². The molecule has 1 aromatic carbocycles. The monoisotopic (exact) mass is 207 g/mol. The lowest BCUT2D eigenvalue weighted by molar-refractivity contribution is 0.0595. The second-order valence-electron chi connectivity index (χ2n) is 2.92. The Balaban J connectivity index is 3.44. The molecule has 0 saturated carbocycles. The molecule has 0 unspecified atom stereocenters. The molecule has 0 fully saturated rings. The third-order valence-corrected chi connectivity index (χ3v) is 2.11. The summed E-state index contributed by atoms with van der Waals surface area (Å²) in [6.07, 6.45) is 0.460. The Hall–Kier alpha value is -1.89. The second kappa shape index (κ2) is 4.56. The molecule has 0 radical (unpaired) electrons. The van der Waals surface area contributed by atoms with E-state index in [-0.39, 0.29) is 11.1 Å². The number of hydrogen-bond donors (Lipinski definition) is 0.